The molecule has 0 aromatic heterocycles. The number of hydrogen-bond donors (Lipinski definition) is 2. The highest BCUT2D eigenvalue weighted by atomic mass is 19.4. The van der Waals surface area contributed by atoms with E-state index in [1.54, 1.807) is 17.0 Å². The van der Waals surface area contributed by atoms with Gasteiger partial charge >= 0.3 is 6.18 Å². The lowest BCUT2D eigenvalue weighted by atomic mass is 9.99. The largest absolute Gasteiger partial charge is 0.457 e. The van der Waals surface area contributed by atoms with E-state index in [9.17, 15) is 22.4 Å². The Morgan fingerprint density at radius 2 is 1.86 bits per heavy atom. The summed E-state index contributed by atoms with van der Waals surface area (Å²) in [4.78, 5) is 13.8. The van der Waals surface area contributed by atoms with E-state index >= 15 is 0 Å². The first-order valence-electron chi connectivity index (χ1n) is 8.79. The highest BCUT2D eigenvalue weighted by Crippen LogP contribution is 2.34. The minimum atomic E-state index is -4.78. The van der Waals surface area contributed by atoms with Crippen LogP contribution in [0.25, 0.3) is 0 Å². The molecule has 0 aliphatic carbocycles. The van der Waals surface area contributed by atoms with E-state index in [1.807, 2.05) is 6.07 Å². The topological polar surface area (TPSA) is 79.0 Å². The molecule has 1 aliphatic heterocycles. The maximum absolute atomic E-state index is 13.7. The quantitative estimate of drug-likeness (QED) is 0.446. The molecule has 3 rings (SSSR count). The lowest BCUT2D eigenvalue weighted by Crippen LogP contribution is -2.38. The van der Waals surface area contributed by atoms with Crippen LogP contribution in [0.3, 0.4) is 0 Å². The number of hydrogen-bond acceptors (Lipinski definition) is 5. The number of halogens is 4. The molecule has 1 heterocycles. The van der Waals surface area contributed by atoms with E-state index in [4.69, 9.17) is 15.8 Å². The molecular weight excluding hydrogens is 394 g/mol. The number of amides is 1. The van der Waals surface area contributed by atoms with E-state index in [0.717, 1.165) is 17.2 Å². The number of fused-ring (bicyclic) bond motifs is 1. The molecule has 29 heavy (non-hydrogen) atoms. The fraction of sp³-hybridized carbons (Fsp3) is 0.316. The summed E-state index contributed by atoms with van der Waals surface area (Å²) in [6.45, 7) is 0.847. The number of carbonyl (C=O) groups excluding carboxylic acids is 1. The summed E-state index contributed by atoms with van der Waals surface area (Å²) in [7, 11) is 0. The first kappa shape index (κ1) is 21.0. The highest BCUT2D eigenvalue weighted by Gasteiger charge is 2.34. The van der Waals surface area contributed by atoms with Crippen molar-refractivity contribution in [2.75, 3.05) is 13.1 Å². The van der Waals surface area contributed by atoms with Crippen molar-refractivity contribution in [2.45, 2.75) is 25.6 Å². The molecular formula is C19H19F4N3O3. The Balaban J connectivity index is 1.72. The predicted molar refractivity (Wildman–Crippen MR) is 94.3 cm³/mol. The van der Waals surface area contributed by atoms with E-state index in [-0.39, 0.29) is 24.6 Å². The van der Waals surface area contributed by atoms with Gasteiger partial charge in [-0.05, 0) is 41.8 Å². The fourth-order valence-electron chi connectivity index (χ4n) is 3.10. The summed E-state index contributed by atoms with van der Waals surface area (Å²) in [5.41, 5.74) is 0.481. The maximum Gasteiger partial charge on any atom is 0.419 e. The first-order chi connectivity index (χ1) is 13.6. The van der Waals surface area contributed by atoms with Gasteiger partial charge in [-0.15, -0.1) is 5.17 Å². The second-order valence-corrected chi connectivity index (χ2v) is 6.65. The van der Waals surface area contributed by atoms with E-state index in [0.29, 0.717) is 42.6 Å². The summed E-state index contributed by atoms with van der Waals surface area (Å²) < 4.78 is 57.2. The van der Waals surface area contributed by atoms with Gasteiger partial charge in [0.1, 0.15) is 17.3 Å². The van der Waals surface area contributed by atoms with Crippen LogP contribution in [-0.4, -0.2) is 34.3 Å². The average molecular weight is 413 g/mol. The summed E-state index contributed by atoms with van der Waals surface area (Å²) >= 11 is 0. The normalized spacial score (nSPS) is 14.1. The number of alkyl halides is 3. The molecule has 3 N–H and O–H groups in total. The van der Waals surface area contributed by atoms with Crippen molar-refractivity contribution in [1.29, 1.82) is 0 Å². The van der Waals surface area contributed by atoms with Crippen LogP contribution in [0.2, 0.25) is 0 Å². The molecule has 0 unspecified atom stereocenters. The summed E-state index contributed by atoms with van der Waals surface area (Å²) in [5, 5.41) is 9.40. The second kappa shape index (κ2) is 8.36. The number of hydroxylamine groups is 1. The third kappa shape index (κ3) is 5.22. The number of hydrazine groups is 1. The van der Waals surface area contributed by atoms with E-state index < -0.39 is 17.6 Å². The van der Waals surface area contributed by atoms with Crippen LogP contribution in [0, 0.1) is 5.82 Å². The summed E-state index contributed by atoms with van der Waals surface area (Å²) in [6, 6.07) is 7.49. The molecule has 0 saturated heterocycles. The van der Waals surface area contributed by atoms with Gasteiger partial charge in [-0.2, -0.15) is 13.2 Å². The molecule has 0 atom stereocenters. The van der Waals surface area contributed by atoms with Crippen LogP contribution in [-0.2, 0) is 23.9 Å². The molecule has 2 aromatic rings. The number of ether oxygens (including phenoxy) is 1. The van der Waals surface area contributed by atoms with Gasteiger partial charge in [0.15, 0.2) is 0 Å². The zero-order chi connectivity index (χ0) is 21.2. The molecule has 0 fully saturated rings. The zero-order valence-electron chi connectivity index (χ0n) is 15.2. The molecule has 1 amide bonds. The monoisotopic (exact) mass is 413 g/mol. The van der Waals surface area contributed by atoms with Gasteiger partial charge < -0.3 is 9.64 Å². The second-order valence-electron chi connectivity index (χ2n) is 6.65. The predicted octanol–water partition coefficient (Wildman–Crippen LogP) is 3.48. The van der Waals surface area contributed by atoms with Crippen LogP contribution < -0.4 is 10.6 Å². The van der Waals surface area contributed by atoms with Crippen molar-refractivity contribution in [3.63, 3.8) is 0 Å². The lowest BCUT2D eigenvalue weighted by Gasteiger charge is -2.29. The summed E-state index contributed by atoms with van der Waals surface area (Å²) in [6.07, 6.45) is -4.09. The van der Waals surface area contributed by atoms with Gasteiger partial charge in [0, 0.05) is 32.1 Å². The van der Waals surface area contributed by atoms with Gasteiger partial charge in [0.2, 0.25) is 5.91 Å². The molecule has 1 aliphatic rings. The van der Waals surface area contributed by atoms with Crippen molar-refractivity contribution >= 4 is 5.91 Å². The van der Waals surface area contributed by atoms with Crippen molar-refractivity contribution in [2.24, 2.45) is 5.84 Å². The van der Waals surface area contributed by atoms with Crippen LogP contribution in [0.15, 0.2) is 36.4 Å². The number of carbonyl (C=O) groups is 1. The average Bonchev–Trinajstić information content (AvgIpc) is 2.64. The minimum absolute atomic E-state index is 0.00479. The number of rotatable bonds is 5. The van der Waals surface area contributed by atoms with Crippen molar-refractivity contribution in [3.8, 4) is 11.5 Å². The van der Waals surface area contributed by atoms with Gasteiger partial charge in [-0.25, -0.2) is 10.2 Å². The summed E-state index contributed by atoms with van der Waals surface area (Å²) in [5.74, 6) is 3.77. The van der Waals surface area contributed by atoms with Gasteiger partial charge in [0.05, 0.1) is 5.56 Å². The molecule has 0 spiro atoms. The third-order valence-electron chi connectivity index (χ3n) is 4.58. The van der Waals surface area contributed by atoms with Crippen LogP contribution in [0.5, 0.6) is 11.5 Å². The number of benzene rings is 2. The Bertz CT molecular complexity index is 903. The molecule has 10 heteroatoms. The minimum Gasteiger partial charge on any atom is -0.457 e. The molecule has 6 nitrogen and oxygen atoms in total. The Morgan fingerprint density at radius 1 is 1.17 bits per heavy atom. The van der Waals surface area contributed by atoms with Crippen molar-refractivity contribution in [1.82, 2.24) is 10.1 Å². The molecule has 2 aromatic carbocycles. The lowest BCUT2D eigenvalue weighted by molar-refractivity contribution is -0.140. The maximum atomic E-state index is 13.7. The highest BCUT2D eigenvalue weighted by molar-refractivity contribution is 5.76. The number of nitrogens with zero attached hydrogens (tertiary/aromatic N) is 2. The Hall–Kier alpha value is -2.69. The standard InChI is InChI=1S/C19H19F4N3O3/c20-17-10-15(3-4-16(17)19(21,22)23)29-14-2-1-12-5-7-25(11-13(12)9-14)18(27)6-8-26(24)28/h1-4,9-10,28H,5-8,11,24H2. The fourth-order valence-corrected chi connectivity index (χ4v) is 3.10. The number of nitrogens with two attached hydrogens (primary N) is 1. The first-order valence-corrected chi connectivity index (χ1v) is 8.79. The smallest absolute Gasteiger partial charge is 0.419 e. The Kier molecular flexibility index (Phi) is 6.06. The van der Waals surface area contributed by atoms with E-state index in [1.165, 1.54) is 0 Å². The molecule has 156 valence electrons. The zero-order valence-corrected chi connectivity index (χ0v) is 15.2. The molecule has 0 radical (unpaired) electrons. The van der Waals surface area contributed by atoms with Crippen LogP contribution >= 0.6 is 0 Å². The Morgan fingerprint density at radius 3 is 2.52 bits per heavy atom. The van der Waals surface area contributed by atoms with Crippen LogP contribution in [0.4, 0.5) is 17.6 Å². The van der Waals surface area contributed by atoms with Gasteiger partial charge in [-0.1, -0.05) is 6.07 Å². The third-order valence-corrected chi connectivity index (χ3v) is 4.58. The molecule has 0 saturated carbocycles. The van der Waals surface area contributed by atoms with Crippen molar-refractivity contribution in [3.05, 3.63) is 58.9 Å². The molecule has 0 bridgehead atoms. The van der Waals surface area contributed by atoms with Crippen molar-refractivity contribution < 1.29 is 32.3 Å². The van der Waals surface area contributed by atoms with Gasteiger partial charge in [-0.3, -0.25) is 10.0 Å². The Labute approximate surface area is 164 Å². The van der Waals surface area contributed by atoms with Gasteiger partial charge in [0.25, 0.3) is 0 Å². The SMILES string of the molecule is NN(O)CCC(=O)N1CCc2ccc(Oc3ccc(C(F)(F)F)c(F)c3)cc2C1. The van der Waals surface area contributed by atoms with Crippen LogP contribution in [0.1, 0.15) is 23.1 Å². The van der Waals surface area contributed by atoms with E-state index in [2.05, 4.69) is 0 Å².